The molecule has 4 aromatic rings. The molecule has 0 aliphatic rings. The van der Waals surface area contributed by atoms with E-state index in [0.29, 0.717) is 13.2 Å². The Kier molecular flexibility index (Phi) is 8.94. The summed E-state index contributed by atoms with van der Waals surface area (Å²) >= 11 is 0. The molecule has 0 aromatic heterocycles. The highest BCUT2D eigenvalue weighted by atomic mass is 16.5. The van der Waals surface area contributed by atoms with Crippen molar-refractivity contribution in [3.63, 3.8) is 0 Å². The van der Waals surface area contributed by atoms with Crippen molar-refractivity contribution in [3.05, 3.63) is 157 Å². The fraction of sp³-hybridized carbons (Fsp3) is 0.118. The molecule has 0 saturated carbocycles. The van der Waals surface area contributed by atoms with Gasteiger partial charge in [-0.15, -0.1) is 13.2 Å². The highest BCUT2D eigenvalue weighted by Gasteiger charge is 2.16. The first-order valence-corrected chi connectivity index (χ1v) is 12.3. The molecular formula is C34H32O2. The van der Waals surface area contributed by atoms with E-state index in [4.69, 9.17) is 9.47 Å². The number of hydrogen-bond acceptors (Lipinski definition) is 2. The highest BCUT2D eigenvalue weighted by molar-refractivity contribution is 6.04. The lowest BCUT2D eigenvalue weighted by atomic mass is 9.86. The molecule has 4 aromatic carbocycles. The molecule has 0 bridgehead atoms. The topological polar surface area (TPSA) is 18.5 Å². The summed E-state index contributed by atoms with van der Waals surface area (Å²) in [5.41, 5.74) is 6.90. The minimum Gasteiger partial charge on any atom is -0.493 e. The van der Waals surface area contributed by atoms with E-state index < -0.39 is 0 Å². The van der Waals surface area contributed by atoms with E-state index in [1.165, 1.54) is 11.1 Å². The van der Waals surface area contributed by atoms with Crippen LogP contribution in [0.2, 0.25) is 0 Å². The Morgan fingerprint density at radius 1 is 0.472 bits per heavy atom. The lowest BCUT2D eigenvalue weighted by molar-refractivity contribution is 0.325. The zero-order valence-electron chi connectivity index (χ0n) is 20.6. The van der Waals surface area contributed by atoms with Gasteiger partial charge in [0.25, 0.3) is 0 Å². The summed E-state index contributed by atoms with van der Waals surface area (Å²) in [5, 5.41) is 0. The third-order valence-electron chi connectivity index (χ3n) is 5.84. The number of rotatable bonds is 12. The van der Waals surface area contributed by atoms with Crippen LogP contribution in [-0.2, 0) is 0 Å². The second-order valence-electron chi connectivity index (χ2n) is 8.38. The molecular weight excluding hydrogens is 440 g/mol. The van der Waals surface area contributed by atoms with Gasteiger partial charge >= 0.3 is 0 Å². The first-order valence-electron chi connectivity index (χ1n) is 12.3. The van der Waals surface area contributed by atoms with Crippen molar-refractivity contribution in [3.8, 4) is 11.5 Å². The van der Waals surface area contributed by atoms with Crippen LogP contribution >= 0.6 is 0 Å². The third kappa shape index (κ3) is 6.43. The monoisotopic (exact) mass is 472 g/mol. The molecule has 0 saturated heterocycles. The lowest BCUT2D eigenvalue weighted by Crippen LogP contribution is -1.99. The summed E-state index contributed by atoms with van der Waals surface area (Å²) in [7, 11) is 0. The number of benzene rings is 4. The molecule has 0 aliphatic carbocycles. The molecule has 2 heteroatoms. The molecule has 0 atom stereocenters. The molecule has 0 amide bonds. The maximum absolute atomic E-state index is 5.86. The predicted octanol–water partition coefficient (Wildman–Crippen LogP) is 8.60. The summed E-state index contributed by atoms with van der Waals surface area (Å²) in [4.78, 5) is 0. The first kappa shape index (κ1) is 24.8. The molecule has 0 radical (unpaired) electrons. The summed E-state index contributed by atoms with van der Waals surface area (Å²) in [5.74, 6) is 1.71. The minimum absolute atomic E-state index is 0.626. The Bertz CT molecular complexity index is 1170. The fourth-order valence-corrected chi connectivity index (χ4v) is 4.08. The molecule has 4 rings (SSSR count). The van der Waals surface area contributed by atoms with Gasteiger partial charge in [-0.3, -0.25) is 0 Å². The van der Waals surface area contributed by atoms with E-state index in [-0.39, 0.29) is 0 Å². The van der Waals surface area contributed by atoms with Crippen LogP contribution in [0.1, 0.15) is 35.1 Å². The van der Waals surface area contributed by atoms with Crippen LogP contribution in [0, 0.1) is 0 Å². The molecule has 0 heterocycles. The number of ether oxygens (including phenoxy) is 2. The van der Waals surface area contributed by atoms with Gasteiger partial charge in [-0.2, -0.15) is 0 Å². The summed E-state index contributed by atoms with van der Waals surface area (Å²) in [6.07, 6.45) is 5.38. The maximum Gasteiger partial charge on any atom is 0.119 e. The average Bonchev–Trinajstić information content (AvgIpc) is 2.94. The molecule has 2 nitrogen and oxygen atoms in total. The van der Waals surface area contributed by atoms with Crippen LogP contribution in [0.5, 0.6) is 11.5 Å². The van der Waals surface area contributed by atoms with E-state index in [1.807, 2.05) is 36.4 Å². The Morgan fingerprint density at radius 2 is 0.806 bits per heavy atom. The van der Waals surface area contributed by atoms with Crippen molar-refractivity contribution in [2.24, 2.45) is 0 Å². The van der Waals surface area contributed by atoms with Gasteiger partial charge in [-0.1, -0.05) is 97.1 Å². The molecule has 36 heavy (non-hydrogen) atoms. The van der Waals surface area contributed by atoms with Crippen LogP contribution in [-0.4, -0.2) is 13.2 Å². The predicted molar refractivity (Wildman–Crippen MR) is 151 cm³/mol. The zero-order valence-corrected chi connectivity index (χ0v) is 20.6. The highest BCUT2D eigenvalue weighted by Crippen LogP contribution is 2.37. The van der Waals surface area contributed by atoms with Gasteiger partial charge in [-0.05, 0) is 70.5 Å². The van der Waals surface area contributed by atoms with Gasteiger partial charge in [0.2, 0.25) is 0 Å². The first-order chi connectivity index (χ1) is 17.8. The molecule has 0 unspecified atom stereocenters. The zero-order chi connectivity index (χ0) is 25.0. The standard InChI is InChI=1S/C34H32O2/c1-3-5-25-35-31-21-17-29(18-22-31)33(27-13-9-7-10-14-27)34(28-15-11-8-12-16-28)30-19-23-32(24-20-30)36-26-6-4-2/h3-4,7-24H,1-2,5-6,25-26H2/b34-33+. The van der Waals surface area contributed by atoms with Crippen LogP contribution in [0.15, 0.2) is 135 Å². The fourth-order valence-electron chi connectivity index (χ4n) is 4.08. The largest absolute Gasteiger partial charge is 0.493 e. The second kappa shape index (κ2) is 13.0. The summed E-state index contributed by atoms with van der Waals surface area (Å²) < 4.78 is 11.7. The van der Waals surface area contributed by atoms with Gasteiger partial charge in [0.05, 0.1) is 13.2 Å². The molecule has 0 N–H and O–H groups in total. The Balaban J connectivity index is 1.84. The molecule has 0 spiro atoms. The maximum atomic E-state index is 5.86. The average molecular weight is 473 g/mol. The van der Waals surface area contributed by atoms with Crippen molar-refractivity contribution in [1.29, 1.82) is 0 Å². The number of hydrogen-bond donors (Lipinski definition) is 0. The SMILES string of the molecule is C=CCCOc1ccc(/C(=C(\c2ccccc2)c2ccc(OCCC=C)cc2)c2ccccc2)cc1. The van der Waals surface area contributed by atoms with Gasteiger partial charge in [0.1, 0.15) is 11.5 Å². The van der Waals surface area contributed by atoms with E-state index in [2.05, 4.69) is 98.1 Å². The van der Waals surface area contributed by atoms with Gasteiger partial charge in [-0.25, -0.2) is 0 Å². The van der Waals surface area contributed by atoms with Crippen LogP contribution < -0.4 is 9.47 Å². The Hall–Kier alpha value is -4.30. The molecule has 180 valence electrons. The van der Waals surface area contributed by atoms with E-state index in [0.717, 1.165) is 46.6 Å². The van der Waals surface area contributed by atoms with Crippen LogP contribution in [0.25, 0.3) is 11.1 Å². The second-order valence-corrected chi connectivity index (χ2v) is 8.38. The third-order valence-corrected chi connectivity index (χ3v) is 5.84. The van der Waals surface area contributed by atoms with E-state index in [9.17, 15) is 0 Å². The van der Waals surface area contributed by atoms with E-state index >= 15 is 0 Å². The van der Waals surface area contributed by atoms with Gasteiger partial charge in [0.15, 0.2) is 0 Å². The van der Waals surface area contributed by atoms with Gasteiger partial charge in [0, 0.05) is 0 Å². The van der Waals surface area contributed by atoms with Gasteiger partial charge < -0.3 is 9.47 Å². The smallest absolute Gasteiger partial charge is 0.119 e. The summed E-state index contributed by atoms with van der Waals surface area (Å²) in [6.45, 7) is 8.78. The normalized spacial score (nSPS) is 11.3. The Labute approximate surface area is 214 Å². The molecule has 0 aliphatic heterocycles. The molecule has 0 fully saturated rings. The quantitative estimate of drug-likeness (QED) is 0.117. The van der Waals surface area contributed by atoms with Crippen molar-refractivity contribution in [2.75, 3.05) is 13.2 Å². The van der Waals surface area contributed by atoms with Crippen LogP contribution in [0.4, 0.5) is 0 Å². The van der Waals surface area contributed by atoms with Crippen molar-refractivity contribution < 1.29 is 9.47 Å². The van der Waals surface area contributed by atoms with Crippen molar-refractivity contribution >= 4 is 11.1 Å². The Morgan fingerprint density at radius 3 is 1.14 bits per heavy atom. The summed E-state index contributed by atoms with van der Waals surface area (Å²) in [6, 6.07) is 37.8. The van der Waals surface area contributed by atoms with Crippen LogP contribution in [0.3, 0.4) is 0 Å². The van der Waals surface area contributed by atoms with E-state index in [1.54, 1.807) is 0 Å². The van der Waals surface area contributed by atoms with Crippen molar-refractivity contribution in [2.45, 2.75) is 12.8 Å². The van der Waals surface area contributed by atoms with Crippen molar-refractivity contribution in [1.82, 2.24) is 0 Å². The lowest BCUT2D eigenvalue weighted by Gasteiger charge is -2.19. The minimum atomic E-state index is 0.626.